The van der Waals surface area contributed by atoms with E-state index < -0.39 is 26.4 Å². The molecule has 0 bridgehead atoms. The first-order chi connectivity index (χ1) is 9.36. The molecule has 1 saturated heterocycles. The van der Waals surface area contributed by atoms with E-state index in [-0.39, 0.29) is 10.8 Å². The summed E-state index contributed by atoms with van der Waals surface area (Å²) in [7, 11) is -3.79. The van der Waals surface area contributed by atoms with E-state index >= 15 is 0 Å². The van der Waals surface area contributed by atoms with E-state index in [1.165, 1.54) is 4.31 Å². The lowest BCUT2D eigenvalue weighted by Gasteiger charge is -2.16. The average Bonchev–Trinajstić information content (AvgIpc) is 2.88. The zero-order valence-electron chi connectivity index (χ0n) is 10.6. The van der Waals surface area contributed by atoms with Gasteiger partial charge in [0, 0.05) is 19.2 Å². The van der Waals surface area contributed by atoms with Gasteiger partial charge >= 0.3 is 5.69 Å². The predicted molar refractivity (Wildman–Crippen MR) is 70.7 cm³/mol. The number of aromatic hydroxyl groups is 1. The quantitative estimate of drug-likeness (QED) is 0.607. The maximum atomic E-state index is 12.4. The van der Waals surface area contributed by atoms with Crippen LogP contribution >= 0.6 is 0 Å². The van der Waals surface area contributed by atoms with Crippen molar-refractivity contribution in [2.75, 3.05) is 19.6 Å². The van der Waals surface area contributed by atoms with Crippen LogP contribution in [0.3, 0.4) is 0 Å². The molecule has 9 heteroatoms. The van der Waals surface area contributed by atoms with Gasteiger partial charge in [0.2, 0.25) is 10.0 Å². The van der Waals surface area contributed by atoms with Crippen LogP contribution in [0.4, 0.5) is 5.69 Å². The summed E-state index contributed by atoms with van der Waals surface area (Å²) in [5.41, 5.74) is 4.89. The van der Waals surface area contributed by atoms with Crippen LogP contribution in [0, 0.1) is 16.0 Å². The second kappa shape index (κ2) is 5.35. The van der Waals surface area contributed by atoms with Crippen LogP contribution < -0.4 is 5.73 Å². The van der Waals surface area contributed by atoms with Gasteiger partial charge in [0.05, 0.1) is 9.82 Å². The number of sulfonamides is 1. The molecule has 1 aliphatic rings. The Morgan fingerprint density at radius 3 is 2.75 bits per heavy atom. The van der Waals surface area contributed by atoms with Gasteiger partial charge in [0.25, 0.3) is 0 Å². The van der Waals surface area contributed by atoms with Crippen LogP contribution in [0.2, 0.25) is 0 Å². The largest absolute Gasteiger partial charge is 0.502 e. The number of nitro benzene ring substituents is 1. The van der Waals surface area contributed by atoms with Crippen LogP contribution in [0.25, 0.3) is 0 Å². The highest BCUT2D eigenvalue weighted by molar-refractivity contribution is 7.89. The van der Waals surface area contributed by atoms with Crippen molar-refractivity contribution in [1.29, 1.82) is 0 Å². The Labute approximate surface area is 116 Å². The number of hydrogen-bond acceptors (Lipinski definition) is 6. The van der Waals surface area contributed by atoms with E-state index in [1.807, 2.05) is 0 Å². The zero-order chi connectivity index (χ0) is 14.9. The molecular formula is C11H15N3O5S. The number of rotatable bonds is 4. The fourth-order valence-corrected chi connectivity index (χ4v) is 3.72. The van der Waals surface area contributed by atoms with Crippen LogP contribution in [0.15, 0.2) is 23.1 Å². The molecule has 1 heterocycles. The lowest BCUT2D eigenvalue weighted by Crippen LogP contribution is -2.30. The highest BCUT2D eigenvalue weighted by atomic mass is 32.2. The molecular weight excluding hydrogens is 286 g/mol. The van der Waals surface area contributed by atoms with Crippen molar-refractivity contribution >= 4 is 15.7 Å². The van der Waals surface area contributed by atoms with Crippen LogP contribution in [0.5, 0.6) is 5.75 Å². The van der Waals surface area contributed by atoms with Crippen molar-refractivity contribution < 1.29 is 18.4 Å². The first kappa shape index (κ1) is 14.7. The molecule has 110 valence electrons. The summed E-state index contributed by atoms with van der Waals surface area (Å²) in [5, 5.41) is 20.1. The Morgan fingerprint density at radius 1 is 1.50 bits per heavy atom. The highest BCUT2D eigenvalue weighted by Crippen LogP contribution is 2.31. The van der Waals surface area contributed by atoms with Crippen LogP contribution in [-0.4, -0.2) is 42.4 Å². The second-order valence-electron chi connectivity index (χ2n) is 4.66. The van der Waals surface area contributed by atoms with Crippen molar-refractivity contribution in [2.24, 2.45) is 11.7 Å². The van der Waals surface area contributed by atoms with Gasteiger partial charge in [-0.3, -0.25) is 10.1 Å². The lowest BCUT2D eigenvalue weighted by molar-refractivity contribution is -0.386. The molecule has 0 amide bonds. The number of phenols is 1. The molecule has 0 spiro atoms. The average molecular weight is 301 g/mol. The molecule has 0 saturated carbocycles. The Hall–Kier alpha value is -1.71. The standard InChI is InChI=1S/C11H15N3O5S/c12-6-8-3-4-13(7-8)20(18,19)9-1-2-11(15)10(5-9)14(16)17/h1-2,5,8,15H,3-4,6-7,12H2. The first-order valence-electron chi connectivity index (χ1n) is 6.04. The minimum absolute atomic E-state index is 0.108. The van der Waals surface area contributed by atoms with E-state index in [0.29, 0.717) is 26.1 Å². The maximum absolute atomic E-state index is 12.4. The molecule has 1 atom stereocenters. The van der Waals surface area contributed by atoms with Gasteiger partial charge in [-0.25, -0.2) is 8.42 Å². The van der Waals surface area contributed by atoms with Crippen molar-refractivity contribution in [3.63, 3.8) is 0 Å². The van der Waals surface area contributed by atoms with Gasteiger partial charge in [0.15, 0.2) is 5.75 Å². The third-order valence-electron chi connectivity index (χ3n) is 3.36. The van der Waals surface area contributed by atoms with E-state index in [1.54, 1.807) is 0 Å². The van der Waals surface area contributed by atoms with Crippen molar-refractivity contribution in [2.45, 2.75) is 11.3 Å². The third kappa shape index (κ3) is 2.60. The van der Waals surface area contributed by atoms with Gasteiger partial charge < -0.3 is 10.8 Å². The molecule has 1 aromatic carbocycles. The molecule has 1 aliphatic heterocycles. The molecule has 0 aromatic heterocycles. The summed E-state index contributed by atoms with van der Waals surface area (Å²) < 4.78 is 26.0. The number of nitrogens with zero attached hydrogens (tertiary/aromatic N) is 2. The second-order valence-corrected chi connectivity index (χ2v) is 6.60. The molecule has 1 fully saturated rings. The topological polar surface area (TPSA) is 127 Å². The fourth-order valence-electron chi connectivity index (χ4n) is 2.17. The Balaban J connectivity index is 2.35. The van der Waals surface area contributed by atoms with E-state index in [4.69, 9.17) is 5.73 Å². The molecule has 0 aliphatic carbocycles. The first-order valence-corrected chi connectivity index (χ1v) is 7.48. The number of hydrogen-bond donors (Lipinski definition) is 2. The SMILES string of the molecule is NCC1CCN(S(=O)(=O)c2ccc(O)c([N+](=O)[O-])c2)C1. The summed E-state index contributed by atoms with van der Waals surface area (Å²) in [6, 6.07) is 3.05. The van der Waals surface area contributed by atoms with Gasteiger partial charge in [-0.05, 0) is 31.0 Å². The molecule has 2 rings (SSSR count). The van der Waals surface area contributed by atoms with Gasteiger partial charge in [-0.15, -0.1) is 0 Å². The van der Waals surface area contributed by atoms with E-state index in [9.17, 15) is 23.6 Å². The molecule has 20 heavy (non-hydrogen) atoms. The number of nitrogens with two attached hydrogens (primary N) is 1. The Morgan fingerprint density at radius 2 is 2.20 bits per heavy atom. The van der Waals surface area contributed by atoms with E-state index in [0.717, 1.165) is 18.2 Å². The van der Waals surface area contributed by atoms with Crippen LogP contribution in [0.1, 0.15) is 6.42 Å². The highest BCUT2D eigenvalue weighted by Gasteiger charge is 2.33. The fraction of sp³-hybridized carbons (Fsp3) is 0.455. The molecule has 3 N–H and O–H groups in total. The van der Waals surface area contributed by atoms with Crippen molar-refractivity contribution in [3.8, 4) is 5.75 Å². The Bertz CT molecular complexity index is 631. The van der Waals surface area contributed by atoms with Crippen molar-refractivity contribution in [3.05, 3.63) is 28.3 Å². The molecule has 1 aromatic rings. The zero-order valence-corrected chi connectivity index (χ0v) is 11.4. The summed E-state index contributed by atoms with van der Waals surface area (Å²) in [4.78, 5) is 9.73. The lowest BCUT2D eigenvalue weighted by atomic mass is 10.1. The number of benzene rings is 1. The molecule has 8 nitrogen and oxygen atoms in total. The van der Waals surface area contributed by atoms with Gasteiger partial charge in [-0.1, -0.05) is 0 Å². The van der Waals surface area contributed by atoms with Gasteiger partial charge in [-0.2, -0.15) is 4.31 Å². The van der Waals surface area contributed by atoms with Gasteiger partial charge in [0.1, 0.15) is 0 Å². The minimum atomic E-state index is -3.79. The van der Waals surface area contributed by atoms with Crippen LogP contribution in [-0.2, 0) is 10.0 Å². The van der Waals surface area contributed by atoms with Crippen molar-refractivity contribution in [1.82, 2.24) is 4.31 Å². The van der Waals surface area contributed by atoms with E-state index in [2.05, 4.69) is 0 Å². The number of nitro groups is 1. The summed E-state index contributed by atoms with van der Waals surface area (Å²) in [6.45, 7) is 1.06. The number of phenolic OH excluding ortho intramolecular Hbond substituents is 1. The Kier molecular flexibility index (Phi) is 3.93. The molecule has 1 unspecified atom stereocenters. The smallest absolute Gasteiger partial charge is 0.312 e. The summed E-state index contributed by atoms with van der Waals surface area (Å²) >= 11 is 0. The summed E-state index contributed by atoms with van der Waals surface area (Å²) in [6.07, 6.45) is 0.676. The predicted octanol–water partition coefficient (Wildman–Crippen LogP) is 0.270. The third-order valence-corrected chi connectivity index (χ3v) is 5.22. The summed E-state index contributed by atoms with van der Waals surface area (Å²) in [5.74, 6) is -0.452. The normalized spacial score (nSPS) is 20.1. The minimum Gasteiger partial charge on any atom is -0.502 e. The monoisotopic (exact) mass is 301 g/mol. The molecule has 0 radical (unpaired) electrons. The maximum Gasteiger partial charge on any atom is 0.312 e.